The van der Waals surface area contributed by atoms with Crippen LogP contribution in [0.5, 0.6) is 11.6 Å². The number of pyridine rings is 3. The predicted octanol–water partition coefficient (Wildman–Crippen LogP) is 7.07. The van der Waals surface area contributed by atoms with Crippen LogP contribution in [0.1, 0.15) is 5.56 Å². The smallest absolute Gasteiger partial charge is 0.418 e. The van der Waals surface area contributed by atoms with E-state index in [-0.39, 0.29) is 17.1 Å². The summed E-state index contributed by atoms with van der Waals surface area (Å²) in [7, 11) is 3.13. The van der Waals surface area contributed by atoms with Gasteiger partial charge in [-0.25, -0.2) is 34.3 Å². The van der Waals surface area contributed by atoms with Crippen molar-refractivity contribution in [3.63, 3.8) is 0 Å². The fourth-order valence-electron chi connectivity index (χ4n) is 8.53. The molecule has 22 heteroatoms. The minimum absolute atomic E-state index is 0.113. The van der Waals surface area contributed by atoms with Crippen molar-refractivity contribution in [1.29, 1.82) is 0 Å². The van der Waals surface area contributed by atoms with E-state index >= 15 is 0 Å². The normalized spacial score (nSPS) is 14.0. The molecule has 2 aliphatic rings. The minimum atomic E-state index is -4.59. The number of rotatable bonds is 8. The molecule has 0 radical (unpaired) electrons. The Hall–Kier alpha value is -8.89. The van der Waals surface area contributed by atoms with Gasteiger partial charge in [-0.3, -0.25) is 14.1 Å². The molecule has 0 unspecified atom stereocenters. The number of fused-ring (bicyclic) bond motifs is 6. The number of hydrogen-bond donors (Lipinski definition) is 4. The number of furan rings is 1. The number of nitrogens with zero attached hydrogens (tertiary/aromatic N) is 9. The first-order chi connectivity index (χ1) is 35.2. The van der Waals surface area contributed by atoms with E-state index in [1.165, 1.54) is 22.3 Å². The number of halogens is 3. The topological polar surface area (TPSA) is 236 Å². The highest BCUT2D eigenvalue weighted by atomic mass is 19.4. The van der Waals surface area contributed by atoms with Crippen molar-refractivity contribution >= 4 is 67.6 Å². The number of anilines is 2. The van der Waals surface area contributed by atoms with E-state index in [9.17, 15) is 32.7 Å². The summed E-state index contributed by atoms with van der Waals surface area (Å²) in [5.74, 6) is -0.584. The lowest BCUT2D eigenvalue weighted by Gasteiger charge is -2.31. The van der Waals surface area contributed by atoms with Crippen molar-refractivity contribution in [2.45, 2.75) is 6.18 Å². The Morgan fingerprint density at radius 3 is 2.23 bits per heavy atom. The first-order valence-electron chi connectivity index (χ1n) is 22.7. The molecular weight excluding hydrogens is 954 g/mol. The van der Waals surface area contributed by atoms with E-state index in [4.69, 9.17) is 34.1 Å². The van der Waals surface area contributed by atoms with Crippen LogP contribution in [0.15, 0.2) is 125 Å². The lowest BCUT2D eigenvalue weighted by Crippen LogP contribution is -2.44. The lowest BCUT2D eigenvalue weighted by atomic mass is 10.0. The van der Waals surface area contributed by atoms with E-state index in [1.807, 2.05) is 42.5 Å². The van der Waals surface area contributed by atoms with Crippen LogP contribution < -0.4 is 25.5 Å². The molecule has 0 saturated carbocycles. The van der Waals surface area contributed by atoms with Gasteiger partial charge in [-0.2, -0.15) is 13.2 Å². The van der Waals surface area contributed by atoms with Crippen LogP contribution >= 0.6 is 0 Å². The van der Waals surface area contributed by atoms with Gasteiger partial charge in [-0.05, 0) is 66.2 Å². The van der Waals surface area contributed by atoms with Crippen molar-refractivity contribution in [3.05, 3.63) is 132 Å². The number of ether oxygens (including phenoxy) is 2. The molecule has 3 aromatic carbocycles. The van der Waals surface area contributed by atoms with Crippen LogP contribution in [0.4, 0.5) is 24.7 Å². The predicted molar refractivity (Wildman–Crippen MR) is 265 cm³/mol. The highest BCUT2D eigenvalue weighted by Gasteiger charge is 2.36. The number of aliphatic carboxylic acids is 2. The van der Waals surface area contributed by atoms with Crippen LogP contribution in [-0.4, -0.2) is 121 Å². The fourth-order valence-corrected chi connectivity index (χ4v) is 8.53. The van der Waals surface area contributed by atoms with Gasteiger partial charge in [0.2, 0.25) is 11.6 Å². The van der Waals surface area contributed by atoms with Crippen molar-refractivity contribution in [1.82, 2.24) is 39.4 Å². The number of hydrogen-bond acceptors (Lipinski definition) is 15. The molecule has 8 heterocycles. The average Bonchev–Trinajstić information content (AvgIpc) is 3.91. The van der Waals surface area contributed by atoms with Gasteiger partial charge < -0.3 is 44.3 Å². The minimum Gasteiger partial charge on any atom is -0.508 e. The average molecular weight is 999 g/mol. The number of carboxylic acids is 2. The Balaban J connectivity index is 0.000000165. The van der Waals surface area contributed by atoms with Gasteiger partial charge in [0, 0.05) is 99.1 Å². The van der Waals surface area contributed by atoms with E-state index in [2.05, 4.69) is 25.2 Å². The number of imidazole rings is 1. The van der Waals surface area contributed by atoms with E-state index < -0.39 is 29.4 Å². The number of aryl methyl sites for hydroxylation is 1. The number of carbonyl (C=O) groups is 2. The molecule has 0 aliphatic carbocycles. The molecule has 19 nitrogen and oxygen atoms in total. The molecule has 0 amide bonds. The molecule has 6 aromatic heterocycles. The molecule has 374 valence electrons. The second-order valence-corrected chi connectivity index (χ2v) is 16.6. The number of nitrogens with one attached hydrogen (secondary N) is 1. The maximum atomic E-state index is 14.3. The monoisotopic (exact) mass is 998 g/mol. The second kappa shape index (κ2) is 20.8. The number of piperazine rings is 1. The van der Waals surface area contributed by atoms with Gasteiger partial charge in [-0.1, -0.05) is 18.2 Å². The quantitative estimate of drug-likeness (QED) is 0.111. The van der Waals surface area contributed by atoms with Crippen LogP contribution in [0.25, 0.3) is 72.3 Å². The van der Waals surface area contributed by atoms with Crippen molar-refractivity contribution < 1.29 is 52.0 Å². The van der Waals surface area contributed by atoms with Crippen LogP contribution in [0.3, 0.4) is 0 Å². The summed E-state index contributed by atoms with van der Waals surface area (Å²) < 4.78 is 62.3. The lowest BCUT2D eigenvalue weighted by molar-refractivity contribution is -0.137. The van der Waals surface area contributed by atoms with Crippen LogP contribution in [-0.2, 0) is 27.5 Å². The fraction of sp³-hybridized carbons (Fsp3) is 0.216. The number of alkyl halides is 3. The number of aromatic nitrogens is 7. The number of morpholine rings is 1. The third-order valence-corrected chi connectivity index (χ3v) is 12.0. The highest BCUT2D eigenvalue weighted by Crippen LogP contribution is 2.40. The van der Waals surface area contributed by atoms with Crippen molar-refractivity contribution in [2.24, 2.45) is 7.05 Å². The Kier molecular flexibility index (Phi) is 14.0. The van der Waals surface area contributed by atoms with Gasteiger partial charge >= 0.3 is 23.8 Å². The van der Waals surface area contributed by atoms with Gasteiger partial charge in [-0.15, -0.1) is 0 Å². The SMILES string of the molecule is COc1ccc(-c2ccc3ncc4c(c3c2)n(-c2ccc(N3CCNCC3)c(C(F)(F)F)c2)c(=O)n4C)cn1.O=C(O)/C=C\C(=O)O.Oc1cccc(-c2nc(N3CCOCC3)c3oc4ncccc4c3n2)c1. The largest absolute Gasteiger partial charge is 0.508 e. The first kappa shape index (κ1) is 49.1. The highest BCUT2D eigenvalue weighted by molar-refractivity contribution is 6.06. The van der Waals surface area contributed by atoms with E-state index in [1.54, 1.807) is 60.9 Å². The first-order valence-corrected chi connectivity index (χ1v) is 22.7. The Labute approximate surface area is 412 Å². The standard InChI is InChI=1S/C28H25F3N6O2.C19H16N4O3.C4H4O4/c1-35-24-16-33-22-6-3-17(18-4-8-25(39-2)34-15-18)13-20(22)26(24)37(27(35)38)19-5-7-23(21(14-19)28(29,30)31)36-11-9-32-10-12-36;24-13-4-1-3-12(11-13)17-21-15-14-5-2-6-20-19(14)26-16(15)18(22-17)23-7-9-25-10-8-23;5-3(6)1-2-4(7)8/h3-8,13-16,32H,9-12H2,1-2H3;1-6,11,24H,7-10H2;1-2H,(H,5,6)(H,7,8)/b;;2-1-. The second-order valence-electron chi connectivity index (χ2n) is 16.6. The molecule has 0 atom stereocenters. The number of benzene rings is 3. The van der Waals surface area contributed by atoms with Crippen LogP contribution in [0.2, 0.25) is 0 Å². The van der Waals surface area contributed by atoms with Gasteiger partial charge in [0.1, 0.15) is 11.3 Å². The maximum Gasteiger partial charge on any atom is 0.418 e. The maximum absolute atomic E-state index is 14.3. The van der Waals surface area contributed by atoms with Gasteiger partial charge in [0.05, 0.1) is 59.7 Å². The summed E-state index contributed by atoms with van der Waals surface area (Å²) in [6.45, 7) is 4.90. The van der Waals surface area contributed by atoms with Crippen molar-refractivity contribution in [2.75, 3.05) is 69.4 Å². The Bertz CT molecular complexity index is 3590. The molecule has 0 spiro atoms. The molecule has 2 fully saturated rings. The number of aromatic hydroxyl groups is 1. The Morgan fingerprint density at radius 1 is 0.795 bits per heavy atom. The van der Waals surface area contributed by atoms with E-state index in [0.717, 1.165) is 52.6 Å². The molecule has 11 rings (SSSR count). The summed E-state index contributed by atoms with van der Waals surface area (Å²) >= 11 is 0. The number of phenols is 1. The third kappa shape index (κ3) is 10.5. The molecule has 0 bridgehead atoms. The van der Waals surface area contributed by atoms with Crippen molar-refractivity contribution in [3.8, 4) is 39.8 Å². The van der Waals surface area contributed by atoms with Crippen LogP contribution in [0, 0.1) is 0 Å². The molecule has 2 saturated heterocycles. The molecular formula is C51H45F3N10O9. The summed E-state index contributed by atoms with van der Waals surface area (Å²) in [4.78, 5) is 59.0. The summed E-state index contributed by atoms with van der Waals surface area (Å²) in [6.07, 6.45) is 1.47. The zero-order valence-corrected chi connectivity index (χ0v) is 39.1. The zero-order chi connectivity index (χ0) is 51.4. The Morgan fingerprint density at radius 2 is 1.55 bits per heavy atom. The number of carboxylic acid groups (broad SMARTS) is 2. The summed E-state index contributed by atoms with van der Waals surface area (Å²) in [5, 5.41) is 30.1. The van der Waals surface area contributed by atoms with Gasteiger partial charge in [0.15, 0.2) is 17.2 Å². The zero-order valence-electron chi connectivity index (χ0n) is 39.1. The third-order valence-electron chi connectivity index (χ3n) is 12.0. The number of methoxy groups -OCH3 is 1. The molecule has 9 aromatic rings. The number of phenolic OH excluding ortho intramolecular Hbond substituents is 1. The summed E-state index contributed by atoms with van der Waals surface area (Å²) in [6, 6.07) is 24.1. The summed E-state index contributed by atoms with van der Waals surface area (Å²) in [5.41, 5.74) is 4.91. The molecule has 73 heavy (non-hydrogen) atoms. The van der Waals surface area contributed by atoms with Gasteiger partial charge in [0.25, 0.3) is 0 Å². The molecule has 4 N–H and O–H groups in total. The van der Waals surface area contributed by atoms with E-state index in [0.29, 0.717) is 96.5 Å². The molecule has 2 aliphatic heterocycles.